The second-order valence-corrected chi connectivity index (χ2v) is 5.83. The van der Waals surface area contributed by atoms with Gasteiger partial charge in [0.25, 0.3) is 0 Å². The lowest BCUT2D eigenvalue weighted by atomic mass is 10.0. The first-order chi connectivity index (χ1) is 12.4. The summed E-state index contributed by atoms with van der Waals surface area (Å²) >= 11 is 0. The van der Waals surface area contributed by atoms with Gasteiger partial charge >= 0.3 is 5.97 Å². The van der Waals surface area contributed by atoms with Crippen molar-refractivity contribution < 1.29 is 23.5 Å². The second-order valence-electron chi connectivity index (χ2n) is 5.83. The van der Waals surface area contributed by atoms with Gasteiger partial charge in [-0.25, -0.2) is 9.18 Å². The van der Waals surface area contributed by atoms with Gasteiger partial charge in [0.2, 0.25) is 11.7 Å². The Morgan fingerprint density at radius 3 is 2.23 bits per heavy atom. The van der Waals surface area contributed by atoms with Gasteiger partial charge in [0, 0.05) is 6.54 Å². The highest BCUT2D eigenvalue weighted by Crippen LogP contribution is 2.23. The summed E-state index contributed by atoms with van der Waals surface area (Å²) in [5.41, 5.74) is 1.60. The van der Waals surface area contributed by atoms with Gasteiger partial charge in [-0.3, -0.25) is 9.59 Å². The van der Waals surface area contributed by atoms with Crippen LogP contribution in [0.2, 0.25) is 0 Å². The highest BCUT2D eigenvalue weighted by molar-refractivity contribution is 6.36. The Kier molecular flexibility index (Phi) is 6.60. The number of ether oxygens (including phenoxy) is 1. The van der Waals surface area contributed by atoms with E-state index in [1.54, 1.807) is 12.1 Å². The molecule has 0 heterocycles. The summed E-state index contributed by atoms with van der Waals surface area (Å²) in [6.45, 7) is 2.02. The minimum absolute atomic E-state index is 0.184. The number of methoxy groups -OCH3 is 1. The minimum atomic E-state index is -1.05. The molecule has 0 aliphatic heterocycles. The Morgan fingerprint density at radius 1 is 1.04 bits per heavy atom. The van der Waals surface area contributed by atoms with E-state index in [9.17, 15) is 18.8 Å². The number of carbonyl (C=O) groups excluding carboxylic acids is 3. The number of hydrogen-bond donors (Lipinski definition) is 0. The molecular weight excluding hydrogens is 337 g/mol. The molecule has 2 aromatic rings. The number of carbonyl (C=O) groups is 3. The highest BCUT2D eigenvalue weighted by atomic mass is 19.1. The Balaban J connectivity index is 2.25. The van der Waals surface area contributed by atoms with Gasteiger partial charge in [0.05, 0.1) is 19.6 Å². The minimum Gasteiger partial charge on any atom is -0.463 e. The molecule has 2 aromatic carbocycles. The maximum atomic E-state index is 13.1. The van der Waals surface area contributed by atoms with Gasteiger partial charge in [0.1, 0.15) is 5.82 Å². The summed E-state index contributed by atoms with van der Waals surface area (Å²) < 4.78 is 17.5. The van der Waals surface area contributed by atoms with Crippen LogP contribution in [0.15, 0.2) is 54.6 Å². The monoisotopic (exact) mass is 357 g/mol. The summed E-state index contributed by atoms with van der Waals surface area (Å²) in [6, 6.07) is 14.8. The lowest BCUT2D eigenvalue weighted by Gasteiger charge is -2.29. The van der Waals surface area contributed by atoms with Crippen LogP contribution in [0.3, 0.4) is 0 Å². The van der Waals surface area contributed by atoms with Crippen molar-refractivity contribution in [2.45, 2.75) is 25.9 Å². The third-order valence-electron chi connectivity index (χ3n) is 4.06. The number of nitrogens with zero attached hydrogens (tertiary/aromatic N) is 1. The van der Waals surface area contributed by atoms with Gasteiger partial charge in [-0.05, 0) is 30.2 Å². The van der Waals surface area contributed by atoms with Gasteiger partial charge < -0.3 is 9.64 Å². The number of esters is 1. The molecule has 0 fully saturated rings. The Bertz CT molecular complexity index is 774. The van der Waals surface area contributed by atoms with Gasteiger partial charge in [-0.15, -0.1) is 0 Å². The van der Waals surface area contributed by atoms with Crippen molar-refractivity contribution in [1.82, 2.24) is 4.90 Å². The Hall–Kier alpha value is -3.02. The standard InChI is InChI=1S/C20H20FNO4/c1-14(16-6-4-3-5-7-16)22(13-15-8-10-17(21)11-9-15)19(24)12-18(23)20(25)26-2/h3-11,14H,12-13H2,1-2H3. The summed E-state index contributed by atoms with van der Waals surface area (Å²) in [5, 5.41) is 0. The van der Waals surface area contributed by atoms with Gasteiger partial charge in [-0.1, -0.05) is 42.5 Å². The molecule has 0 saturated carbocycles. The molecule has 6 heteroatoms. The normalized spacial score (nSPS) is 11.5. The molecule has 2 rings (SSSR count). The number of hydrogen-bond acceptors (Lipinski definition) is 4. The molecule has 26 heavy (non-hydrogen) atoms. The number of ketones is 1. The molecule has 0 aliphatic rings. The van der Waals surface area contributed by atoms with Crippen molar-refractivity contribution in [3.05, 3.63) is 71.5 Å². The molecule has 136 valence electrons. The fourth-order valence-corrected chi connectivity index (χ4v) is 2.56. The van der Waals surface area contributed by atoms with E-state index in [-0.39, 0.29) is 18.4 Å². The molecule has 0 N–H and O–H groups in total. The Labute approximate surface area is 151 Å². The van der Waals surface area contributed by atoms with E-state index in [4.69, 9.17) is 0 Å². The summed E-state index contributed by atoms with van der Waals surface area (Å²) in [6.07, 6.45) is -0.578. The summed E-state index contributed by atoms with van der Waals surface area (Å²) in [5.74, 6) is -2.82. The molecule has 1 amide bonds. The molecule has 0 saturated heterocycles. The fraction of sp³-hybridized carbons (Fsp3) is 0.250. The highest BCUT2D eigenvalue weighted by Gasteiger charge is 2.26. The number of rotatable bonds is 7. The molecular formula is C20H20FNO4. The maximum Gasteiger partial charge on any atom is 0.374 e. The van der Waals surface area contributed by atoms with E-state index in [0.717, 1.165) is 12.7 Å². The topological polar surface area (TPSA) is 63.7 Å². The van der Waals surface area contributed by atoms with Crippen molar-refractivity contribution >= 4 is 17.7 Å². The van der Waals surface area contributed by atoms with Crippen molar-refractivity contribution in [2.75, 3.05) is 7.11 Å². The quantitative estimate of drug-likeness (QED) is 0.434. The van der Waals surface area contributed by atoms with Crippen LogP contribution in [0, 0.1) is 5.82 Å². The fourth-order valence-electron chi connectivity index (χ4n) is 2.56. The molecule has 1 atom stereocenters. The van der Waals surface area contributed by atoms with E-state index in [1.807, 2.05) is 37.3 Å². The second kappa shape index (κ2) is 8.89. The summed E-state index contributed by atoms with van der Waals surface area (Å²) in [4.78, 5) is 37.3. The zero-order valence-electron chi connectivity index (χ0n) is 14.6. The van der Waals surface area contributed by atoms with E-state index >= 15 is 0 Å². The van der Waals surface area contributed by atoms with Crippen LogP contribution in [0.5, 0.6) is 0 Å². The molecule has 1 unspecified atom stereocenters. The first-order valence-corrected chi connectivity index (χ1v) is 8.12. The van der Waals surface area contributed by atoms with Crippen LogP contribution in [0.1, 0.15) is 30.5 Å². The van der Waals surface area contributed by atoms with Crippen LogP contribution < -0.4 is 0 Å². The SMILES string of the molecule is COC(=O)C(=O)CC(=O)N(Cc1ccc(F)cc1)C(C)c1ccccc1. The van der Waals surface area contributed by atoms with E-state index in [0.29, 0.717) is 5.56 Å². The number of halogens is 1. The average Bonchev–Trinajstić information content (AvgIpc) is 2.66. The molecule has 0 aliphatic carbocycles. The first kappa shape index (κ1) is 19.3. The smallest absolute Gasteiger partial charge is 0.374 e. The van der Waals surface area contributed by atoms with Crippen molar-refractivity contribution in [3.8, 4) is 0 Å². The zero-order chi connectivity index (χ0) is 19.1. The van der Waals surface area contributed by atoms with Crippen LogP contribution in [0.25, 0.3) is 0 Å². The van der Waals surface area contributed by atoms with E-state index in [2.05, 4.69) is 4.74 Å². The molecule has 0 bridgehead atoms. The molecule has 0 spiro atoms. The maximum absolute atomic E-state index is 13.1. The lowest BCUT2D eigenvalue weighted by Crippen LogP contribution is -2.35. The van der Waals surface area contributed by atoms with Gasteiger partial charge in [0.15, 0.2) is 0 Å². The van der Waals surface area contributed by atoms with Crippen LogP contribution >= 0.6 is 0 Å². The number of benzene rings is 2. The average molecular weight is 357 g/mol. The van der Waals surface area contributed by atoms with Crippen molar-refractivity contribution in [1.29, 1.82) is 0 Å². The summed E-state index contributed by atoms with van der Waals surface area (Å²) in [7, 11) is 1.09. The third-order valence-corrected chi connectivity index (χ3v) is 4.06. The zero-order valence-corrected chi connectivity index (χ0v) is 14.6. The predicted octanol–water partition coefficient (Wildman–Crippen LogP) is 3.05. The number of Topliss-reactive ketones (excluding diaryl/α,β-unsaturated/α-hetero) is 1. The van der Waals surface area contributed by atoms with Crippen molar-refractivity contribution in [2.24, 2.45) is 0 Å². The first-order valence-electron chi connectivity index (χ1n) is 8.12. The Morgan fingerprint density at radius 2 is 1.65 bits per heavy atom. The predicted molar refractivity (Wildman–Crippen MR) is 93.4 cm³/mol. The third kappa shape index (κ3) is 4.99. The lowest BCUT2D eigenvalue weighted by molar-refractivity contribution is -0.154. The van der Waals surface area contributed by atoms with E-state index < -0.39 is 24.1 Å². The molecule has 5 nitrogen and oxygen atoms in total. The van der Waals surface area contributed by atoms with E-state index in [1.165, 1.54) is 17.0 Å². The molecule has 0 radical (unpaired) electrons. The van der Waals surface area contributed by atoms with Gasteiger partial charge in [-0.2, -0.15) is 0 Å². The molecule has 0 aromatic heterocycles. The van der Waals surface area contributed by atoms with Crippen LogP contribution in [0.4, 0.5) is 4.39 Å². The number of amides is 1. The largest absolute Gasteiger partial charge is 0.463 e. The van der Waals surface area contributed by atoms with Crippen molar-refractivity contribution in [3.63, 3.8) is 0 Å². The van der Waals surface area contributed by atoms with Crippen LogP contribution in [-0.2, 0) is 25.7 Å². The van der Waals surface area contributed by atoms with Crippen LogP contribution in [-0.4, -0.2) is 29.7 Å².